The largest absolute Gasteiger partial charge is 0.274 e. The van der Waals surface area contributed by atoms with E-state index in [-0.39, 0.29) is 11.8 Å². The maximum atomic E-state index is 11.4. The summed E-state index contributed by atoms with van der Waals surface area (Å²) in [5, 5.41) is 1.57. The molecule has 2 rings (SSSR count). The fourth-order valence-corrected chi connectivity index (χ4v) is 2.48. The van der Waals surface area contributed by atoms with E-state index in [1.807, 2.05) is 13.8 Å². The Morgan fingerprint density at radius 3 is 2.21 bits per heavy atom. The van der Waals surface area contributed by atoms with Gasteiger partial charge in [0.1, 0.15) is 5.00 Å². The van der Waals surface area contributed by atoms with E-state index in [4.69, 9.17) is 0 Å². The van der Waals surface area contributed by atoms with Gasteiger partial charge in [-0.2, -0.15) is 0 Å². The van der Waals surface area contributed by atoms with Crippen LogP contribution in [-0.4, -0.2) is 16.8 Å². The van der Waals surface area contributed by atoms with Crippen LogP contribution in [0.2, 0.25) is 0 Å². The standard InChI is InChI=1S/C9H10N2O2S/c1-5-9(14-6(2)10-5)11-7(12)3-4-8(11)13/h3-4H2,1-2H3. The van der Waals surface area contributed by atoms with Gasteiger partial charge in [0, 0.05) is 12.8 Å². The highest BCUT2D eigenvalue weighted by molar-refractivity contribution is 7.16. The van der Waals surface area contributed by atoms with Crippen LogP contribution in [0.4, 0.5) is 5.00 Å². The number of rotatable bonds is 1. The number of nitrogens with zero attached hydrogens (tertiary/aromatic N) is 2. The van der Waals surface area contributed by atoms with E-state index in [0.717, 1.165) is 10.7 Å². The number of carbonyl (C=O) groups is 2. The summed E-state index contributed by atoms with van der Waals surface area (Å²) in [6.45, 7) is 3.68. The number of thiazole rings is 1. The lowest BCUT2D eigenvalue weighted by atomic mass is 10.4. The van der Waals surface area contributed by atoms with Gasteiger partial charge in [0.15, 0.2) is 0 Å². The van der Waals surface area contributed by atoms with Crippen molar-refractivity contribution in [3.8, 4) is 0 Å². The number of aromatic nitrogens is 1. The molecule has 0 aromatic carbocycles. The normalized spacial score (nSPS) is 16.9. The molecular formula is C9H10N2O2S. The van der Waals surface area contributed by atoms with Crippen LogP contribution in [-0.2, 0) is 9.59 Å². The molecule has 4 nitrogen and oxygen atoms in total. The number of carbonyl (C=O) groups excluding carboxylic acids is 2. The lowest BCUT2D eigenvalue weighted by molar-refractivity contribution is -0.121. The van der Waals surface area contributed by atoms with E-state index in [2.05, 4.69) is 4.98 Å². The number of hydrogen-bond donors (Lipinski definition) is 0. The maximum absolute atomic E-state index is 11.4. The number of hydrogen-bond acceptors (Lipinski definition) is 4. The van der Waals surface area contributed by atoms with Crippen LogP contribution in [0.3, 0.4) is 0 Å². The van der Waals surface area contributed by atoms with Crippen LogP contribution >= 0.6 is 11.3 Å². The summed E-state index contributed by atoms with van der Waals surface area (Å²) >= 11 is 1.39. The molecule has 1 saturated heterocycles. The van der Waals surface area contributed by atoms with E-state index in [9.17, 15) is 9.59 Å². The Balaban J connectivity index is 2.43. The van der Waals surface area contributed by atoms with Crippen molar-refractivity contribution in [2.45, 2.75) is 26.7 Å². The van der Waals surface area contributed by atoms with E-state index in [0.29, 0.717) is 17.8 Å². The molecule has 0 atom stereocenters. The van der Waals surface area contributed by atoms with Crippen LogP contribution in [0.15, 0.2) is 0 Å². The summed E-state index contributed by atoms with van der Waals surface area (Å²) in [4.78, 5) is 28.3. The van der Waals surface area contributed by atoms with Gasteiger partial charge < -0.3 is 0 Å². The lowest BCUT2D eigenvalue weighted by Gasteiger charge is -2.10. The SMILES string of the molecule is Cc1nc(C)c(N2C(=O)CCC2=O)s1. The molecular weight excluding hydrogens is 200 g/mol. The van der Waals surface area contributed by atoms with E-state index < -0.39 is 0 Å². The summed E-state index contributed by atoms with van der Waals surface area (Å²) in [5.41, 5.74) is 0.760. The molecule has 2 amide bonds. The van der Waals surface area contributed by atoms with Gasteiger partial charge in [0.05, 0.1) is 10.7 Å². The van der Waals surface area contributed by atoms with Gasteiger partial charge in [-0.3, -0.25) is 9.59 Å². The third-order valence-electron chi connectivity index (χ3n) is 2.13. The molecule has 1 aliphatic rings. The highest BCUT2D eigenvalue weighted by Crippen LogP contribution is 2.31. The minimum Gasteiger partial charge on any atom is -0.274 e. The molecule has 1 aromatic heterocycles. The monoisotopic (exact) mass is 210 g/mol. The molecule has 1 fully saturated rings. The molecule has 0 N–H and O–H groups in total. The predicted octanol–water partition coefficient (Wildman–Crippen LogP) is 1.41. The number of imide groups is 1. The number of aryl methyl sites for hydroxylation is 2. The fraction of sp³-hybridized carbons (Fsp3) is 0.444. The lowest BCUT2D eigenvalue weighted by Crippen LogP contribution is -2.28. The van der Waals surface area contributed by atoms with Gasteiger partial charge in [-0.15, -0.1) is 11.3 Å². The second-order valence-electron chi connectivity index (χ2n) is 3.25. The topological polar surface area (TPSA) is 50.3 Å². The Morgan fingerprint density at radius 1 is 1.21 bits per heavy atom. The van der Waals surface area contributed by atoms with Gasteiger partial charge in [-0.05, 0) is 13.8 Å². The first kappa shape index (κ1) is 9.33. The van der Waals surface area contributed by atoms with Crippen molar-refractivity contribution in [2.75, 3.05) is 4.90 Å². The first-order valence-electron chi connectivity index (χ1n) is 4.39. The van der Waals surface area contributed by atoms with Gasteiger partial charge in [-0.25, -0.2) is 9.88 Å². The van der Waals surface area contributed by atoms with Crippen molar-refractivity contribution in [3.05, 3.63) is 10.7 Å². The first-order valence-corrected chi connectivity index (χ1v) is 5.21. The zero-order valence-corrected chi connectivity index (χ0v) is 8.85. The Labute approximate surface area is 85.6 Å². The summed E-state index contributed by atoms with van der Waals surface area (Å²) in [6, 6.07) is 0. The highest BCUT2D eigenvalue weighted by atomic mass is 32.1. The predicted molar refractivity (Wildman–Crippen MR) is 53.3 cm³/mol. The average Bonchev–Trinajstić information content (AvgIpc) is 2.57. The van der Waals surface area contributed by atoms with Gasteiger partial charge in [0.2, 0.25) is 11.8 Å². The van der Waals surface area contributed by atoms with Crippen LogP contribution in [0.1, 0.15) is 23.5 Å². The van der Waals surface area contributed by atoms with Crippen LogP contribution < -0.4 is 4.90 Å². The van der Waals surface area contributed by atoms with Gasteiger partial charge in [-0.1, -0.05) is 0 Å². The summed E-state index contributed by atoms with van der Waals surface area (Å²) in [6.07, 6.45) is 0.657. The smallest absolute Gasteiger partial charge is 0.234 e. The van der Waals surface area contributed by atoms with Crippen LogP contribution in [0, 0.1) is 13.8 Å². The molecule has 0 radical (unpaired) electrons. The molecule has 0 saturated carbocycles. The molecule has 5 heteroatoms. The van der Waals surface area contributed by atoms with Crippen LogP contribution in [0.5, 0.6) is 0 Å². The molecule has 1 aromatic rings. The fourth-order valence-electron chi connectivity index (χ4n) is 1.53. The molecule has 0 spiro atoms. The van der Waals surface area contributed by atoms with Crippen molar-refractivity contribution in [1.29, 1.82) is 0 Å². The zero-order valence-electron chi connectivity index (χ0n) is 8.03. The van der Waals surface area contributed by atoms with Gasteiger partial charge in [0.25, 0.3) is 0 Å². The van der Waals surface area contributed by atoms with Crippen LogP contribution in [0.25, 0.3) is 0 Å². The maximum Gasteiger partial charge on any atom is 0.234 e. The second-order valence-corrected chi connectivity index (χ2v) is 4.43. The van der Waals surface area contributed by atoms with Crippen molar-refractivity contribution < 1.29 is 9.59 Å². The third kappa shape index (κ3) is 1.33. The minimum atomic E-state index is -0.109. The Bertz CT molecular complexity index is 395. The highest BCUT2D eigenvalue weighted by Gasteiger charge is 2.32. The van der Waals surface area contributed by atoms with Crippen molar-refractivity contribution >= 4 is 28.2 Å². The van der Waals surface area contributed by atoms with Crippen molar-refractivity contribution in [1.82, 2.24) is 4.98 Å². The first-order chi connectivity index (χ1) is 6.59. The van der Waals surface area contributed by atoms with E-state index in [1.54, 1.807) is 0 Å². The van der Waals surface area contributed by atoms with E-state index in [1.165, 1.54) is 16.2 Å². The summed E-state index contributed by atoms with van der Waals surface area (Å²) < 4.78 is 0. The summed E-state index contributed by atoms with van der Waals surface area (Å²) in [7, 11) is 0. The quantitative estimate of drug-likeness (QED) is 0.658. The molecule has 1 aliphatic heterocycles. The van der Waals surface area contributed by atoms with E-state index >= 15 is 0 Å². The van der Waals surface area contributed by atoms with Gasteiger partial charge >= 0.3 is 0 Å². The van der Waals surface area contributed by atoms with Crippen molar-refractivity contribution in [2.24, 2.45) is 0 Å². The molecule has 14 heavy (non-hydrogen) atoms. The Hall–Kier alpha value is -1.23. The minimum absolute atomic E-state index is 0.109. The second kappa shape index (κ2) is 3.16. The Morgan fingerprint density at radius 2 is 1.79 bits per heavy atom. The summed E-state index contributed by atoms with van der Waals surface area (Å²) in [5.74, 6) is -0.219. The molecule has 2 heterocycles. The van der Waals surface area contributed by atoms with Crippen molar-refractivity contribution in [3.63, 3.8) is 0 Å². The molecule has 0 unspecified atom stereocenters. The number of amides is 2. The average molecular weight is 210 g/mol. The number of anilines is 1. The molecule has 74 valence electrons. The third-order valence-corrected chi connectivity index (χ3v) is 3.19. The molecule has 0 aliphatic carbocycles. The molecule has 0 bridgehead atoms. The Kier molecular flexibility index (Phi) is 2.11. The zero-order chi connectivity index (χ0) is 10.3.